The molecule has 0 atom stereocenters. The van der Waals surface area contributed by atoms with Crippen LogP contribution in [-0.2, 0) is 4.79 Å². The summed E-state index contributed by atoms with van der Waals surface area (Å²) < 4.78 is 4.92. The zero-order chi connectivity index (χ0) is 15.9. The average molecular weight is 301 g/mol. The molecule has 7 nitrogen and oxygen atoms in total. The van der Waals surface area contributed by atoms with Crippen LogP contribution in [0.2, 0.25) is 0 Å². The number of para-hydroxylation sites is 1. The van der Waals surface area contributed by atoms with Crippen molar-refractivity contribution in [3.63, 3.8) is 0 Å². The molecule has 0 saturated heterocycles. The van der Waals surface area contributed by atoms with E-state index in [-0.39, 0.29) is 23.9 Å². The summed E-state index contributed by atoms with van der Waals surface area (Å²) in [7, 11) is 1.36. The van der Waals surface area contributed by atoms with Crippen LogP contribution in [0.1, 0.15) is 0 Å². The fourth-order valence-corrected chi connectivity index (χ4v) is 1.85. The van der Waals surface area contributed by atoms with E-state index in [0.29, 0.717) is 11.4 Å². The number of anilines is 2. The summed E-state index contributed by atoms with van der Waals surface area (Å²) in [5, 5.41) is 16.5. The number of nitro benzene ring substituents is 1. The van der Waals surface area contributed by atoms with Crippen molar-refractivity contribution in [3.8, 4) is 5.75 Å². The number of hydrogen-bond donors (Lipinski definition) is 2. The number of benzene rings is 2. The Balaban J connectivity index is 1.98. The highest BCUT2D eigenvalue weighted by molar-refractivity contribution is 5.93. The van der Waals surface area contributed by atoms with E-state index in [4.69, 9.17) is 4.74 Å². The van der Waals surface area contributed by atoms with Crippen LogP contribution in [0.25, 0.3) is 0 Å². The molecule has 2 rings (SSSR count). The molecule has 0 saturated carbocycles. The lowest BCUT2D eigenvalue weighted by Crippen LogP contribution is -2.21. The van der Waals surface area contributed by atoms with E-state index in [1.807, 2.05) is 18.2 Å². The highest BCUT2D eigenvalue weighted by Crippen LogP contribution is 2.29. The van der Waals surface area contributed by atoms with Crippen LogP contribution in [0, 0.1) is 10.1 Å². The zero-order valence-electron chi connectivity index (χ0n) is 11.9. The number of ether oxygens (including phenoxy) is 1. The van der Waals surface area contributed by atoms with Gasteiger partial charge in [0.05, 0.1) is 18.6 Å². The lowest BCUT2D eigenvalue weighted by molar-refractivity contribution is -0.385. The van der Waals surface area contributed by atoms with Crippen molar-refractivity contribution in [2.45, 2.75) is 0 Å². The highest BCUT2D eigenvalue weighted by atomic mass is 16.6. The van der Waals surface area contributed by atoms with Crippen molar-refractivity contribution in [2.75, 3.05) is 24.3 Å². The first-order valence-electron chi connectivity index (χ1n) is 6.51. The highest BCUT2D eigenvalue weighted by Gasteiger charge is 2.15. The summed E-state index contributed by atoms with van der Waals surface area (Å²) in [6.45, 7) is -0.00161. The van der Waals surface area contributed by atoms with Crippen LogP contribution in [-0.4, -0.2) is 24.5 Å². The number of methoxy groups -OCH3 is 1. The molecule has 2 N–H and O–H groups in total. The first-order chi connectivity index (χ1) is 10.6. The first-order valence-corrected chi connectivity index (χ1v) is 6.51. The molecule has 0 aliphatic heterocycles. The van der Waals surface area contributed by atoms with Crippen molar-refractivity contribution >= 4 is 23.0 Å². The molecule has 0 aliphatic rings. The number of nitrogens with one attached hydrogen (secondary N) is 2. The van der Waals surface area contributed by atoms with E-state index in [1.165, 1.54) is 19.2 Å². The lowest BCUT2D eigenvalue weighted by Gasteiger charge is -2.09. The summed E-state index contributed by atoms with van der Waals surface area (Å²) in [4.78, 5) is 22.2. The van der Waals surface area contributed by atoms with Crippen molar-refractivity contribution in [1.29, 1.82) is 0 Å². The van der Waals surface area contributed by atoms with E-state index in [9.17, 15) is 14.9 Å². The molecule has 0 bridgehead atoms. The maximum Gasteiger partial charge on any atom is 0.312 e. The van der Waals surface area contributed by atoms with Crippen LogP contribution in [0.15, 0.2) is 48.5 Å². The molecule has 1 amide bonds. The Morgan fingerprint density at radius 2 is 1.91 bits per heavy atom. The number of carbonyl (C=O) groups excluding carboxylic acids is 1. The number of nitro groups is 1. The SMILES string of the molecule is COc1ccc(NCC(=O)Nc2ccccc2)cc1[N+](=O)[O-]. The standard InChI is InChI=1S/C15H15N3O4/c1-22-14-8-7-12(9-13(14)18(20)21)16-10-15(19)17-11-5-3-2-4-6-11/h2-9,16H,10H2,1H3,(H,17,19). The van der Waals surface area contributed by atoms with Gasteiger partial charge < -0.3 is 15.4 Å². The third-order valence-corrected chi connectivity index (χ3v) is 2.89. The van der Waals surface area contributed by atoms with Gasteiger partial charge >= 0.3 is 5.69 Å². The second kappa shape index (κ2) is 7.07. The zero-order valence-corrected chi connectivity index (χ0v) is 11.9. The van der Waals surface area contributed by atoms with Gasteiger partial charge in [-0.3, -0.25) is 14.9 Å². The van der Waals surface area contributed by atoms with Gasteiger partial charge in [0.1, 0.15) is 0 Å². The predicted octanol–water partition coefficient (Wildman–Crippen LogP) is 2.65. The van der Waals surface area contributed by atoms with E-state index in [2.05, 4.69) is 10.6 Å². The molecule has 0 radical (unpaired) electrons. The number of nitrogens with zero attached hydrogens (tertiary/aromatic N) is 1. The van der Waals surface area contributed by atoms with Crippen molar-refractivity contribution in [2.24, 2.45) is 0 Å². The molecule has 22 heavy (non-hydrogen) atoms. The molecule has 7 heteroatoms. The Kier molecular flexibility index (Phi) is 4.92. The normalized spacial score (nSPS) is 9.86. The minimum Gasteiger partial charge on any atom is -0.490 e. The molecular formula is C15H15N3O4. The van der Waals surface area contributed by atoms with Crippen molar-refractivity contribution in [1.82, 2.24) is 0 Å². The Morgan fingerprint density at radius 3 is 2.55 bits per heavy atom. The second-order valence-electron chi connectivity index (χ2n) is 4.41. The fourth-order valence-electron chi connectivity index (χ4n) is 1.85. The van der Waals surface area contributed by atoms with Crippen LogP contribution in [0.3, 0.4) is 0 Å². The smallest absolute Gasteiger partial charge is 0.312 e. The Hall–Kier alpha value is -3.09. The lowest BCUT2D eigenvalue weighted by atomic mass is 10.2. The maximum absolute atomic E-state index is 11.8. The minimum absolute atomic E-state index is 0.00161. The van der Waals surface area contributed by atoms with Crippen LogP contribution in [0.4, 0.5) is 17.1 Å². The summed E-state index contributed by atoms with van der Waals surface area (Å²) in [5.74, 6) is -0.0750. The molecule has 0 unspecified atom stereocenters. The van der Waals surface area contributed by atoms with Gasteiger partial charge in [-0.25, -0.2) is 0 Å². The quantitative estimate of drug-likeness (QED) is 0.632. The molecule has 0 aliphatic carbocycles. The van der Waals surface area contributed by atoms with Gasteiger partial charge in [0.15, 0.2) is 5.75 Å². The van der Waals surface area contributed by atoms with Gasteiger partial charge in [-0.2, -0.15) is 0 Å². The molecule has 114 valence electrons. The van der Waals surface area contributed by atoms with Crippen LogP contribution in [0.5, 0.6) is 5.75 Å². The number of carbonyl (C=O) groups is 1. The predicted molar refractivity (Wildman–Crippen MR) is 83.2 cm³/mol. The monoisotopic (exact) mass is 301 g/mol. The first kappa shape index (κ1) is 15.3. The Morgan fingerprint density at radius 1 is 1.18 bits per heavy atom. The Bertz CT molecular complexity index is 674. The van der Waals surface area contributed by atoms with E-state index in [0.717, 1.165) is 0 Å². The summed E-state index contributed by atoms with van der Waals surface area (Å²) >= 11 is 0. The van der Waals surface area contributed by atoms with Gasteiger partial charge in [0.25, 0.3) is 0 Å². The van der Waals surface area contributed by atoms with E-state index in [1.54, 1.807) is 18.2 Å². The van der Waals surface area contributed by atoms with Crippen LogP contribution < -0.4 is 15.4 Å². The fraction of sp³-hybridized carbons (Fsp3) is 0.133. The average Bonchev–Trinajstić information content (AvgIpc) is 2.53. The maximum atomic E-state index is 11.8. The molecule has 2 aromatic rings. The van der Waals surface area contributed by atoms with Crippen molar-refractivity contribution < 1.29 is 14.5 Å². The van der Waals surface area contributed by atoms with Gasteiger partial charge in [-0.15, -0.1) is 0 Å². The van der Waals surface area contributed by atoms with Gasteiger partial charge in [-0.05, 0) is 24.3 Å². The molecule has 0 aromatic heterocycles. The Labute approximate surface area is 127 Å². The third-order valence-electron chi connectivity index (χ3n) is 2.89. The number of rotatable bonds is 6. The number of amides is 1. The topological polar surface area (TPSA) is 93.5 Å². The largest absolute Gasteiger partial charge is 0.490 e. The molecule has 0 spiro atoms. The van der Waals surface area contributed by atoms with Gasteiger partial charge in [0.2, 0.25) is 5.91 Å². The summed E-state index contributed by atoms with van der Waals surface area (Å²) in [5.41, 5.74) is 1.00. The minimum atomic E-state index is -0.534. The molecule has 0 fully saturated rings. The summed E-state index contributed by atoms with van der Waals surface area (Å²) in [6, 6.07) is 13.5. The molecular weight excluding hydrogens is 286 g/mol. The van der Waals surface area contributed by atoms with Gasteiger partial charge in [0, 0.05) is 17.4 Å². The second-order valence-corrected chi connectivity index (χ2v) is 4.41. The van der Waals surface area contributed by atoms with Gasteiger partial charge in [-0.1, -0.05) is 18.2 Å². The summed E-state index contributed by atoms with van der Waals surface area (Å²) in [6.07, 6.45) is 0. The van der Waals surface area contributed by atoms with Crippen LogP contribution >= 0.6 is 0 Å². The number of hydrogen-bond acceptors (Lipinski definition) is 5. The van der Waals surface area contributed by atoms with Crippen molar-refractivity contribution in [3.05, 3.63) is 58.6 Å². The molecule has 2 aromatic carbocycles. The van der Waals surface area contributed by atoms with E-state index < -0.39 is 4.92 Å². The van der Waals surface area contributed by atoms with E-state index >= 15 is 0 Å². The third kappa shape index (κ3) is 3.95. The molecule has 0 heterocycles.